The Hall–Kier alpha value is -0.830. The number of hydrogen-bond acceptors (Lipinski definition) is 1. The Morgan fingerprint density at radius 3 is 2.64 bits per heavy atom. The van der Waals surface area contributed by atoms with Crippen molar-refractivity contribution < 1.29 is 0 Å². The third kappa shape index (κ3) is 1.80. The lowest BCUT2D eigenvalue weighted by atomic mass is 10.0. The fraction of sp³-hybridized carbons (Fsp3) is 0.375. The average Bonchev–Trinajstić information content (AvgIpc) is 1.85. The van der Waals surface area contributed by atoms with E-state index in [1.165, 1.54) is 5.57 Å². The first kappa shape index (κ1) is 8.27. The van der Waals surface area contributed by atoms with Crippen LogP contribution in [0.4, 0.5) is 0 Å². The van der Waals surface area contributed by atoms with Crippen LogP contribution in [0.1, 0.15) is 13.8 Å². The van der Waals surface area contributed by atoms with Gasteiger partial charge in [-0.05, 0) is 23.7 Å². The standard InChI is InChI=1S/C8H12N2S/c1-5(2)7-4-9-8(11)10-6(7)3/h4-5H,3H2,1-2H3,(H2,9,10,11). The van der Waals surface area contributed by atoms with Crippen LogP contribution in [0.3, 0.4) is 0 Å². The quantitative estimate of drug-likeness (QED) is 0.580. The highest BCUT2D eigenvalue weighted by molar-refractivity contribution is 7.80. The predicted octanol–water partition coefficient (Wildman–Crippen LogP) is 1.52. The van der Waals surface area contributed by atoms with E-state index in [2.05, 4.69) is 31.1 Å². The van der Waals surface area contributed by atoms with Crippen molar-refractivity contribution in [1.29, 1.82) is 0 Å². The van der Waals surface area contributed by atoms with Gasteiger partial charge in [0, 0.05) is 11.9 Å². The molecule has 1 heterocycles. The summed E-state index contributed by atoms with van der Waals surface area (Å²) < 4.78 is 0. The molecule has 1 aliphatic rings. The molecular formula is C8H12N2S. The maximum atomic E-state index is 4.89. The Labute approximate surface area is 72.4 Å². The van der Waals surface area contributed by atoms with Crippen molar-refractivity contribution in [2.45, 2.75) is 13.8 Å². The van der Waals surface area contributed by atoms with Crippen LogP contribution < -0.4 is 10.6 Å². The van der Waals surface area contributed by atoms with Crippen molar-refractivity contribution in [1.82, 2.24) is 10.6 Å². The Morgan fingerprint density at radius 2 is 2.18 bits per heavy atom. The highest BCUT2D eigenvalue weighted by Gasteiger charge is 2.12. The molecule has 0 aliphatic carbocycles. The van der Waals surface area contributed by atoms with E-state index >= 15 is 0 Å². The van der Waals surface area contributed by atoms with Crippen LogP contribution >= 0.6 is 12.2 Å². The van der Waals surface area contributed by atoms with Crippen LogP contribution in [0.15, 0.2) is 24.0 Å². The summed E-state index contributed by atoms with van der Waals surface area (Å²) in [6, 6.07) is 0. The highest BCUT2D eigenvalue weighted by atomic mass is 32.1. The zero-order chi connectivity index (χ0) is 8.43. The van der Waals surface area contributed by atoms with Crippen molar-refractivity contribution in [3.8, 4) is 0 Å². The molecule has 60 valence electrons. The van der Waals surface area contributed by atoms with Gasteiger partial charge in [-0.3, -0.25) is 0 Å². The van der Waals surface area contributed by atoms with Crippen LogP contribution in [0.2, 0.25) is 0 Å². The normalized spacial score (nSPS) is 17.5. The predicted molar refractivity (Wildman–Crippen MR) is 50.9 cm³/mol. The molecule has 1 aliphatic heterocycles. The van der Waals surface area contributed by atoms with Gasteiger partial charge in [0.25, 0.3) is 0 Å². The molecule has 3 heteroatoms. The lowest BCUT2D eigenvalue weighted by molar-refractivity contribution is 0.748. The molecule has 0 radical (unpaired) electrons. The first-order valence-electron chi connectivity index (χ1n) is 3.58. The van der Waals surface area contributed by atoms with Gasteiger partial charge in [-0.25, -0.2) is 0 Å². The fourth-order valence-electron chi connectivity index (χ4n) is 0.991. The van der Waals surface area contributed by atoms with Crippen molar-refractivity contribution in [3.05, 3.63) is 24.0 Å². The fourth-order valence-corrected chi connectivity index (χ4v) is 1.17. The molecule has 0 aromatic carbocycles. The summed E-state index contributed by atoms with van der Waals surface area (Å²) in [6.45, 7) is 8.10. The summed E-state index contributed by atoms with van der Waals surface area (Å²) in [6.07, 6.45) is 1.91. The molecule has 0 saturated carbocycles. The van der Waals surface area contributed by atoms with Crippen LogP contribution in [0, 0.1) is 5.92 Å². The number of nitrogens with one attached hydrogen (secondary N) is 2. The first-order chi connectivity index (χ1) is 5.11. The summed E-state index contributed by atoms with van der Waals surface area (Å²) in [5.74, 6) is 0.477. The monoisotopic (exact) mass is 168 g/mol. The third-order valence-corrected chi connectivity index (χ3v) is 1.81. The van der Waals surface area contributed by atoms with Gasteiger partial charge in [-0.15, -0.1) is 0 Å². The second-order valence-electron chi connectivity index (χ2n) is 2.83. The van der Waals surface area contributed by atoms with Gasteiger partial charge in [0.15, 0.2) is 5.11 Å². The molecule has 0 bridgehead atoms. The maximum absolute atomic E-state index is 4.89. The SMILES string of the molecule is C=C1NC(=S)NC=C1C(C)C. The van der Waals surface area contributed by atoms with E-state index < -0.39 is 0 Å². The van der Waals surface area contributed by atoms with E-state index in [0.717, 1.165) is 5.70 Å². The summed E-state index contributed by atoms with van der Waals surface area (Å²) in [5, 5.41) is 6.53. The molecule has 0 atom stereocenters. The van der Waals surface area contributed by atoms with Gasteiger partial charge in [0.05, 0.1) is 0 Å². The van der Waals surface area contributed by atoms with Crippen molar-refractivity contribution >= 4 is 17.3 Å². The van der Waals surface area contributed by atoms with E-state index in [4.69, 9.17) is 12.2 Å². The largest absolute Gasteiger partial charge is 0.339 e. The maximum Gasteiger partial charge on any atom is 0.174 e. The van der Waals surface area contributed by atoms with Crippen molar-refractivity contribution in [2.75, 3.05) is 0 Å². The van der Waals surface area contributed by atoms with Gasteiger partial charge in [0.1, 0.15) is 0 Å². The van der Waals surface area contributed by atoms with Crippen LogP contribution in [-0.4, -0.2) is 5.11 Å². The van der Waals surface area contributed by atoms with E-state index in [-0.39, 0.29) is 0 Å². The minimum Gasteiger partial charge on any atom is -0.339 e. The molecule has 2 nitrogen and oxygen atoms in total. The summed E-state index contributed by atoms with van der Waals surface area (Å²) in [5.41, 5.74) is 2.09. The zero-order valence-electron chi connectivity index (χ0n) is 6.77. The molecule has 0 saturated heterocycles. The second-order valence-corrected chi connectivity index (χ2v) is 3.24. The topological polar surface area (TPSA) is 24.1 Å². The van der Waals surface area contributed by atoms with Gasteiger partial charge < -0.3 is 10.6 Å². The lowest BCUT2D eigenvalue weighted by Gasteiger charge is -2.21. The third-order valence-electron chi connectivity index (χ3n) is 1.59. The van der Waals surface area contributed by atoms with Crippen molar-refractivity contribution in [3.63, 3.8) is 0 Å². The first-order valence-corrected chi connectivity index (χ1v) is 3.99. The van der Waals surface area contributed by atoms with Crippen LogP contribution in [-0.2, 0) is 0 Å². The number of hydrogen-bond donors (Lipinski definition) is 2. The second kappa shape index (κ2) is 3.05. The molecule has 0 aromatic rings. The minimum absolute atomic E-state index is 0.477. The zero-order valence-corrected chi connectivity index (χ0v) is 7.59. The van der Waals surface area contributed by atoms with Gasteiger partial charge >= 0.3 is 0 Å². The van der Waals surface area contributed by atoms with E-state index in [1.807, 2.05) is 6.20 Å². The summed E-state index contributed by atoms with van der Waals surface area (Å²) >= 11 is 4.89. The molecular weight excluding hydrogens is 156 g/mol. The number of thiocarbonyl (C=S) groups is 1. The highest BCUT2D eigenvalue weighted by Crippen LogP contribution is 2.16. The molecule has 11 heavy (non-hydrogen) atoms. The average molecular weight is 168 g/mol. The van der Waals surface area contributed by atoms with Crippen molar-refractivity contribution in [2.24, 2.45) is 5.92 Å². The Balaban J connectivity index is 2.81. The molecule has 0 aromatic heterocycles. The molecule has 0 spiro atoms. The summed E-state index contributed by atoms with van der Waals surface area (Å²) in [7, 11) is 0. The minimum atomic E-state index is 0.477. The van der Waals surface area contributed by atoms with Crippen LogP contribution in [0.25, 0.3) is 0 Å². The van der Waals surface area contributed by atoms with Crippen LogP contribution in [0.5, 0.6) is 0 Å². The number of rotatable bonds is 1. The lowest BCUT2D eigenvalue weighted by Crippen LogP contribution is -2.37. The van der Waals surface area contributed by atoms with E-state index in [9.17, 15) is 0 Å². The molecule has 2 N–H and O–H groups in total. The molecule has 0 amide bonds. The Morgan fingerprint density at radius 1 is 1.55 bits per heavy atom. The molecule has 0 unspecified atom stereocenters. The Bertz CT molecular complexity index is 228. The van der Waals surface area contributed by atoms with Gasteiger partial charge in [-0.1, -0.05) is 20.4 Å². The Kier molecular flexibility index (Phi) is 2.29. The number of allylic oxidation sites excluding steroid dienone is 1. The molecule has 1 rings (SSSR count). The summed E-state index contributed by atoms with van der Waals surface area (Å²) in [4.78, 5) is 0. The van der Waals surface area contributed by atoms with Gasteiger partial charge in [0.2, 0.25) is 0 Å². The smallest absolute Gasteiger partial charge is 0.174 e. The van der Waals surface area contributed by atoms with E-state index in [0.29, 0.717) is 11.0 Å². The van der Waals surface area contributed by atoms with E-state index in [1.54, 1.807) is 0 Å². The van der Waals surface area contributed by atoms with Gasteiger partial charge in [-0.2, -0.15) is 0 Å². The molecule has 0 fully saturated rings.